The van der Waals surface area contributed by atoms with Gasteiger partial charge in [-0.1, -0.05) is 0 Å². The third-order valence-electron chi connectivity index (χ3n) is 3.01. The molecule has 0 saturated heterocycles. The number of aryl methyl sites for hydroxylation is 1. The maximum atomic E-state index is 6.02. The van der Waals surface area contributed by atoms with Gasteiger partial charge < -0.3 is 20.5 Å². The van der Waals surface area contributed by atoms with E-state index < -0.39 is 0 Å². The number of hydrogen-bond acceptors (Lipinski definition) is 5. The van der Waals surface area contributed by atoms with Crippen LogP contribution in [-0.2, 0) is 0 Å². The molecule has 0 unspecified atom stereocenters. The summed E-state index contributed by atoms with van der Waals surface area (Å²) < 4.78 is 11.1. The number of nitrogens with zero attached hydrogens (tertiary/aromatic N) is 1. The van der Waals surface area contributed by atoms with E-state index in [1.54, 1.807) is 6.20 Å². The fourth-order valence-electron chi connectivity index (χ4n) is 1.93. The van der Waals surface area contributed by atoms with Crippen LogP contribution in [0.5, 0.6) is 11.5 Å². The summed E-state index contributed by atoms with van der Waals surface area (Å²) in [4.78, 5) is 4.26. The number of benzene rings is 1. The van der Waals surface area contributed by atoms with Crippen LogP contribution < -0.4 is 20.5 Å². The summed E-state index contributed by atoms with van der Waals surface area (Å²) in [6.07, 6.45) is 1.73. The molecule has 0 bridgehead atoms. The number of pyridine rings is 1. The summed E-state index contributed by atoms with van der Waals surface area (Å²) in [5.41, 5.74) is 8.51. The van der Waals surface area contributed by atoms with E-state index >= 15 is 0 Å². The van der Waals surface area contributed by atoms with E-state index in [-0.39, 0.29) is 0 Å². The van der Waals surface area contributed by atoms with Crippen LogP contribution in [0.4, 0.5) is 17.2 Å². The van der Waals surface area contributed by atoms with E-state index in [1.165, 1.54) is 0 Å². The summed E-state index contributed by atoms with van der Waals surface area (Å²) >= 11 is 0. The van der Waals surface area contributed by atoms with Crippen molar-refractivity contribution in [3.8, 4) is 11.5 Å². The van der Waals surface area contributed by atoms with Crippen LogP contribution >= 0.6 is 0 Å². The van der Waals surface area contributed by atoms with Crippen molar-refractivity contribution in [2.24, 2.45) is 0 Å². The first-order valence-corrected chi connectivity index (χ1v) is 7.03. The predicted octanol–water partition coefficient (Wildman–Crippen LogP) is 3.51. The first-order valence-electron chi connectivity index (χ1n) is 7.03. The topological polar surface area (TPSA) is 69.4 Å². The van der Waals surface area contributed by atoms with Gasteiger partial charge in [0.2, 0.25) is 0 Å². The van der Waals surface area contributed by atoms with Crippen LogP contribution in [-0.4, -0.2) is 18.2 Å². The Bertz CT molecular complexity index is 614. The number of nitrogens with one attached hydrogen (secondary N) is 1. The molecule has 1 aromatic carbocycles. The summed E-state index contributed by atoms with van der Waals surface area (Å²) in [6, 6.07) is 7.56. The van der Waals surface area contributed by atoms with Gasteiger partial charge in [0.15, 0.2) is 17.3 Å². The quantitative estimate of drug-likeness (QED) is 0.850. The van der Waals surface area contributed by atoms with Crippen LogP contribution in [0.1, 0.15) is 19.4 Å². The second-order valence-electron chi connectivity index (χ2n) is 4.54. The van der Waals surface area contributed by atoms with Crippen molar-refractivity contribution in [3.63, 3.8) is 0 Å². The highest BCUT2D eigenvalue weighted by atomic mass is 16.5. The number of ether oxygens (including phenoxy) is 2. The van der Waals surface area contributed by atoms with E-state index in [9.17, 15) is 0 Å². The zero-order valence-electron chi connectivity index (χ0n) is 12.6. The van der Waals surface area contributed by atoms with Crippen molar-refractivity contribution < 1.29 is 9.47 Å². The summed E-state index contributed by atoms with van der Waals surface area (Å²) in [6.45, 7) is 7.01. The van der Waals surface area contributed by atoms with Crippen LogP contribution in [0.15, 0.2) is 30.5 Å². The Morgan fingerprint density at radius 1 is 1.10 bits per heavy atom. The third kappa shape index (κ3) is 3.56. The SMILES string of the molecule is CCOc1ccc(Nc2nccc(C)c2N)cc1OCC. The van der Waals surface area contributed by atoms with Crippen molar-refractivity contribution in [1.82, 2.24) is 4.98 Å². The molecule has 3 N–H and O–H groups in total. The highest BCUT2D eigenvalue weighted by molar-refractivity contribution is 5.72. The average molecular weight is 287 g/mol. The molecular weight excluding hydrogens is 266 g/mol. The summed E-state index contributed by atoms with van der Waals surface area (Å²) in [7, 11) is 0. The molecule has 0 saturated carbocycles. The maximum Gasteiger partial charge on any atom is 0.163 e. The second kappa shape index (κ2) is 6.83. The van der Waals surface area contributed by atoms with E-state index in [1.807, 2.05) is 45.0 Å². The minimum atomic E-state index is 0.578. The number of nitrogens with two attached hydrogens (primary N) is 1. The van der Waals surface area contributed by atoms with Crippen molar-refractivity contribution in [3.05, 3.63) is 36.0 Å². The second-order valence-corrected chi connectivity index (χ2v) is 4.54. The Balaban J connectivity index is 2.28. The lowest BCUT2D eigenvalue weighted by atomic mass is 10.2. The monoisotopic (exact) mass is 287 g/mol. The first kappa shape index (κ1) is 15.0. The molecular formula is C16H21N3O2. The molecule has 1 heterocycles. The Hall–Kier alpha value is -2.43. The number of hydrogen-bond donors (Lipinski definition) is 2. The molecule has 0 atom stereocenters. The maximum absolute atomic E-state index is 6.02. The molecule has 0 aliphatic heterocycles. The molecule has 2 aromatic rings. The van der Waals surface area contributed by atoms with E-state index in [4.69, 9.17) is 15.2 Å². The average Bonchev–Trinajstić information content (AvgIpc) is 2.47. The molecule has 112 valence electrons. The standard InChI is InChI=1S/C16H21N3O2/c1-4-20-13-7-6-12(10-14(13)21-5-2)19-16-15(17)11(3)8-9-18-16/h6-10H,4-5,17H2,1-3H3,(H,18,19). The van der Waals surface area contributed by atoms with E-state index in [2.05, 4.69) is 10.3 Å². The molecule has 0 amide bonds. The van der Waals surface area contributed by atoms with Gasteiger partial charge in [-0.15, -0.1) is 0 Å². The van der Waals surface area contributed by atoms with Crippen molar-refractivity contribution in [2.75, 3.05) is 24.3 Å². The minimum Gasteiger partial charge on any atom is -0.490 e. The number of aromatic nitrogens is 1. The number of nitrogen functional groups attached to an aromatic ring is 1. The first-order chi connectivity index (χ1) is 10.2. The van der Waals surface area contributed by atoms with Crippen molar-refractivity contribution in [1.29, 1.82) is 0 Å². The van der Waals surface area contributed by atoms with Gasteiger partial charge in [0.1, 0.15) is 0 Å². The minimum absolute atomic E-state index is 0.578. The largest absolute Gasteiger partial charge is 0.490 e. The molecule has 5 heteroatoms. The lowest BCUT2D eigenvalue weighted by molar-refractivity contribution is 0.288. The molecule has 5 nitrogen and oxygen atoms in total. The molecule has 2 rings (SSSR count). The molecule has 1 aromatic heterocycles. The Labute approximate surface area is 125 Å². The molecule has 0 aliphatic carbocycles. The fraction of sp³-hybridized carbons (Fsp3) is 0.312. The van der Waals surface area contributed by atoms with E-state index in [0.717, 1.165) is 17.0 Å². The summed E-state index contributed by atoms with van der Waals surface area (Å²) in [5.74, 6) is 2.08. The van der Waals surface area contributed by atoms with Crippen molar-refractivity contribution in [2.45, 2.75) is 20.8 Å². The molecule has 0 aliphatic rings. The van der Waals surface area contributed by atoms with Gasteiger partial charge in [0.25, 0.3) is 0 Å². The van der Waals surface area contributed by atoms with Crippen LogP contribution in [0.3, 0.4) is 0 Å². The fourth-order valence-corrected chi connectivity index (χ4v) is 1.93. The van der Waals surface area contributed by atoms with Gasteiger partial charge >= 0.3 is 0 Å². The Morgan fingerprint density at radius 3 is 2.52 bits per heavy atom. The van der Waals surface area contributed by atoms with Crippen LogP contribution in [0.25, 0.3) is 0 Å². The van der Waals surface area contributed by atoms with E-state index in [0.29, 0.717) is 30.5 Å². The number of anilines is 3. The zero-order valence-corrected chi connectivity index (χ0v) is 12.6. The van der Waals surface area contributed by atoms with Gasteiger partial charge in [-0.05, 0) is 44.5 Å². The van der Waals surface area contributed by atoms with Crippen molar-refractivity contribution >= 4 is 17.2 Å². The molecule has 0 radical (unpaired) electrons. The highest BCUT2D eigenvalue weighted by Gasteiger charge is 2.08. The normalized spacial score (nSPS) is 10.2. The Morgan fingerprint density at radius 2 is 1.81 bits per heavy atom. The van der Waals surface area contributed by atoms with Gasteiger partial charge in [-0.3, -0.25) is 0 Å². The van der Waals surface area contributed by atoms with Gasteiger partial charge in [-0.2, -0.15) is 0 Å². The molecule has 0 spiro atoms. The van der Waals surface area contributed by atoms with Crippen LogP contribution in [0.2, 0.25) is 0 Å². The third-order valence-corrected chi connectivity index (χ3v) is 3.01. The smallest absolute Gasteiger partial charge is 0.163 e. The molecule has 21 heavy (non-hydrogen) atoms. The van der Waals surface area contributed by atoms with Crippen LogP contribution in [0, 0.1) is 6.92 Å². The zero-order chi connectivity index (χ0) is 15.2. The predicted molar refractivity (Wildman–Crippen MR) is 85.4 cm³/mol. The highest BCUT2D eigenvalue weighted by Crippen LogP contribution is 2.32. The van der Waals surface area contributed by atoms with Gasteiger partial charge in [-0.25, -0.2) is 4.98 Å². The lowest BCUT2D eigenvalue weighted by Crippen LogP contribution is -2.02. The Kier molecular flexibility index (Phi) is 4.87. The number of rotatable bonds is 6. The van der Waals surface area contributed by atoms with Gasteiger partial charge in [0.05, 0.1) is 18.9 Å². The molecule has 0 fully saturated rings. The lowest BCUT2D eigenvalue weighted by Gasteiger charge is -2.14. The summed E-state index contributed by atoms with van der Waals surface area (Å²) in [5, 5.41) is 3.21. The van der Waals surface area contributed by atoms with Gasteiger partial charge in [0, 0.05) is 18.0 Å².